The number of aromatic nitrogens is 1. The van der Waals surface area contributed by atoms with Crippen molar-refractivity contribution in [3.8, 4) is 0 Å². The van der Waals surface area contributed by atoms with Gasteiger partial charge in [0.25, 0.3) is 0 Å². The summed E-state index contributed by atoms with van der Waals surface area (Å²) in [4.78, 5) is 6.88. The molecule has 0 amide bonds. The van der Waals surface area contributed by atoms with Crippen LogP contribution in [0.15, 0.2) is 18.3 Å². The summed E-state index contributed by atoms with van der Waals surface area (Å²) in [5.74, 6) is 1.06. The lowest BCUT2D eigenvalue weighted by Crippen LogP contribution is -2.47. The molecule has 2 fully saturated rings. The van der Waals surface area contributed by atoms with E-state index in [1.165, 1.54) is 19.1 Å². The van der Waals surface area contributed by atoms with Crippen molar-refractivity contribution < 1.29 is 8.42 Å². The summed E-state index contributed by atoms with van der Waals surface area (Å²) in [6.45, 7) is 4.15. The summed E-state index contributed by atoms with van der Waals surface area (Å²) in [6.07, 6.45) is 7.66. The molecule has 0 radical (unpaired) electrons. The normalized spacial score (nSPS) is 23.3. The lowest BCUT2D eigenvalue weighted by atomic mass is 10.1. The molecule has 128 valence electrons. The molecule has 2 aliphatic heterocycles. The average Bonchev–Trinajstić information content (AvgIpc) is 3.07. The molecule has 0 aliphatic carbocycles. The van der Waals surface area contributed by atoms with E-state index < -0.39 is 10.0 Å². The molecule has 2 saturated heterocycles. The summed E-state index contributed by atoms with van der Waals surface area (Å²) in [6, 6.07) is 4.42. The smallest absolute Gasteiger partial charge is 0.211 e. The molecular formula is C16H26N4O2S. The van der Waals surface area contributed by atoms with Crippen molar-refractivity contribution in [1.29, 1.82) is 0 Å². The maximum absolute atomic E-state index is 11.7. The molecule has 7 heteroatoms. The van der Waals surface area contributed by atoms with Gasteiger partial charge in [-0.1, -0.05) is 6.07 Å². The zero-order valence-electron chi connectivity index (χ0n) is 13.7. The van der Waals surface area contributed by atoms with E-state index in [-0.39, 0.29) is 6.04 Å². The Bertz CT molecular complexity index is 611. The lowest BCUT2D eigenvalue weighted by Gasteiger charge is -2.31. The first-order valence-corrected chi connectivity index (χ1v) is 10.3. The SMILES string of the molecule is CS(=O)(=O)N1CCCC(NCc2ccc(N3CCCC3)nc2)C1. The minimum Gasteiger partial charge on any atom is -0.357 e. The number of piperidine rings is 1. The zero-order chi connectivity index (χ0) is 16.3. The van der Waals surface area contributed by atoms with Crippen LogP contribution in [0.2, 0.25) is 0 Å². The summed E-state index contributed by atoms with van der Waals surface area (Å²) < 4.78 is 24.9. The Hall–Kier alpha value is -1.18. The van der Waals surface area contributed by atoms with E-state index in [9.17, 15) is 8.42 Å². The third-order valence-electron chi connectivity index (χ3n) is 4.69. The number of hydrogen-bond donors (Lipinski definition) is 1. The number of sulfonamides is 1. The van der Waals surface area contributed by atoms with Gasteiger partial charge in [-0.05, 0) is 37.3 Å². The lowest BCUT2D eigenvalue weighted by molar-refractivity contribution is 0.284. The first kappa shape index (κ1) is 16.7. The van der Waals surface area contributed by atoms with Gasteiger partial charge in [0.2, 0.25) is 10.0 Å². The molecule has 1 N–H and O–H groups in total. The Balaban J connectivity index is 1.51. The van der Waals surface area contributed by atoms with Crippen LogP contribution in [0.1, 0.15) is 31.2 Å². The van der Waals surface area contributed by atoms with Crippen LogP contribution in [-0.2, 0) is 16.6 Å². The Morgan fingerprint density at radius 3 is 2.65 bits per heavy atom. The second-order valence-corrected chi connectivity index (χ2v) is 8.54. The molecule has 1 aromatic heterocycles. The van der Waals surface area contributed by atoms with Gasteiger partial charge in [0.15, 0.2) is 0 Å². The van der Waals surface area contributed by atoms with Crippen molar-refractivity contribution in [3.63, 3.8) is 0 Å². The third kappa shape index (κ3) is 4.43. The van der Waals surface area contributed by atoms with E-state index in [4.69, 9.17) is 0 Å². The minimum atomic E-state index is -3.08. The van der Waals surface area contributed by atoms with Gasteiger partial charge in [0, 0.05) is 45.0 Å². The van der Waals surface area contributed by atoms with Crippen molar-refractivity contribution in [2.75, 3.05) is 37.3 Å². The number of pyridine rings is 1. The highest BCUT2D eigenvalue weighted by Crippen LogP contribution is 2.18. The molecule has 3 heterocycles. The third-order valence-corrected chi connectivity index (χ3v) is 5.96. The fourth-order valence-corrected chi connectivity index (χ4v) is 4.24. The summed E-state index contributed by atoms with van der Waals surface area (Å²) in [5.41, 5.74) is 1.14. The molecule has 0 bridgehead atoms. The van der Waals surface area contributed by atoms with Gasteiger partial charge in [-0.15, -0.1) is 0 Å². The molecule has 2 aliphatic rings. The molecule has 1 unspecified atom stereocenters. The van der Waals surface area contributed by atoms with Crippen molar-refractivity contribution in [3.05, 3.63) is 23.9 Å². The molecule has 1 aromatic rings. The van der Waals surface area contributed by atoms with Crippen molar-refractivity contribution in [2.24, 2.45) is 0 Å². The maximum atomic E-state index is 11.7. The van der Waals surface area contributed by atoms with Crippen LogP contribution >= 0.6 is 0 Å². The van der Waals surface area contributed by atoms with Crippen molar-refractivity contribution >= 4 is 15.8 Å². The van der Waals surface area contributed by atoms with Crippen LogP contribution in [0.3, 0.4) is 0 Å². The van der Waals surface area contributed by atoms with E-state index in [1.807, 2.05) is 6.20 Å². The van der Waals surface area contributed by atoms with Crippen molar-refractivity contribution in [1.82, 2.24) is 14.6 Å². The first-order chi connectivity index (χ1) is 11.0. The predicted octanol–water partition coefficient (Wildman–Crippen LogP) is 1.20. The largest absolute Gasteiger partial charge is 0.357 e. The van der Waals surface area contributed by atoms with E-state index >= 15 is 0 Å². The zero-order valence-corrected chi connectivity index (χ0v) is 14.6. The Kier molecular flexibility index (Phi) is 5.18. The van der Waals surface area contributed by atoms with Crippen LogP contribution in [0.25, 0.3) is 0 Å². The van der Waals surface area contributed by atoms with Crippen LogP contribution in [0.4, 0.5) is 5.82 Å². The summed E-state index contributed by atoms with van der Waals surface area (Å²) in [7, 11) is -3.08. The van der Waals surface area contributed by atoms with Gasteiger partial charge in [0.1, 0.15) is 5.82 Å². The van der Waals surface area contributed by atoms with Crippen LogP contribution in [0.5, 0.6) is 0 Å². The number of nitrogens with one attached hydrogen (secondary N) is 1. The monoisotopic (exact) mass is 338 g/mol. The second-order valence-electron chi connectivity index (χ2n) is 6.56. The molecule has 23 heavy (non-hydrogen) atoms. The molecule has 0 aromatic carbocycles. The van der Waals surface area contributed by atoms with E-state index in [2.05, 4.69) is 27.3 Å². The topological polar surface area (TPSA) is 65.5 Å². The molecule has 0 saturated carbocycles. The molecule has 1 atom stereocenters. The second kappa shape index (κ2) is 7.15. The summed E-state index contributed by atoms with van der Waals surface area (Å²) in [5, 5.41) is 3.47. The van der Waals surface area contributed by atoms with E-state index in [1.54, 1.807) is 4.31 Å². The standard InChI is InChI=1S/C16H26N4O2S/c1-23(21,22)20-10-4-5-15(13-20)17-11-14-6-7-16(18-12-14)19-8-2-3-9-19/h6-7,12,15,17H,2-5,8-11,13H2,1H3. The fourth-order valence-electron chi connectivity index (χ4n) is 3.33. The minimum absolute atomic E-state index is 0.219. The predicted molar refractivity (Wildman–Crippen MR) is 92.0 cm³/mol. The fraction of sp³-hybridized carbons (Fsp3) is 0.688. The van der Waals surface area contributed by atoms with Crippen LogP contribution < -0.4 is 10.2 Å². The number of rotatable bonds is 5. The van der Waals surface area contributed by atoms with Gasteiger partial charge in [-0.25, -0.2) is 17.7 Å². The van der Waals surface area contributed by atoms with E-state index in [0.29, 0.717) is 13.1 Å². The first-order valence-electron chi connectivity index (χ1n) is 8.41. The van der Waals surface area contributed by atoms with Gasteiger partial charge < -0.3 is 10.2 Å². The molecule has 0 spiro atoms. The maximum Gasteiger partial charge on any atom is 0.211 e. The average molecular weight is 338 g/mol. The molecule has 3 rings (SSSR count). The Morgan fingerprint density at radius 2 is 2.00 bits per heavy atom. The highest BCUT2D eigenvalue weighted by atomic mass is 32.2. The summed E-state index contributed by atoms with van der Waals surface area (Å²) >= 11 is 0. The van der Waals surface area contributed by atoms with Gasteiger partial charge in [0.05, 0.1) is 6.26 Å². The van der Waals surface area contributed by atoms with Crippen LogP contribution in [-0.4, -0.2) is 56.2 Å². The van der Waals surface area contributed by atoms with E-state index in [0.717, 1.165) is 43.9 Å². The quantitative estimate of drug-likeness (QED) is 0.874. The molecular weight excluding hydrogens is 312 g/mol. The Morgan fingerprint density at radius 1 is 1.22 bits per heavy atom. The Labute approximate surface area is 138 Å². The van der Waals surface area contributed by atoms with Gasteiger partial charge in [-0.2, -0.15) is 0 Å². The number of nitrogens with zero attached hydrogens (tertiary/aromatic N) is 3. The molecule has 6 nitrogen and oxygen atoms in total. The van der Waals surface area contributed by atoms with Crippen LogP contribution in [0, 0.1) is 0 Å². The van der Waals surface area contributed by atoms with Crippen molar-refractivity contribution in [2.45, 2.75) is 38.3 Å². The highest BCUT2D eigenvalue weighted by Gasteiger charge is 2.25. The van der Waals surface area contributed by atoms with Gasteiger partial charge in [-0.3, -0.25) is 0 Å². The number of hydrogen-bond acceptors (Lipinski definition) is 5. The highest BCUT2D eigenvalue weighted by molar-refractivity contribution is 7.88. The van der Waals surface area contributed by atoms with Gasteiger partial charge >= 0.3 is 0 Å². The number of anilines is 1.